The zero-order valence-corrected chi connectivity index (χ0v) is 36.6. The average molecular weight is 791 g/mol. The lowest BCUT2D eigenvalue weighted by Crippen LogP contribution is -2.46. The van der Waals surface area contributed by atoms with Gasteiger partial charge in [0.25, 0.3) is 0 Å². The van der Waals surface area contributed by atoms with E-state index >= 15 is 0 Å². The van der Waals surface area contributed by atoms with Crippen LogP contribution in [0, 0.1) is 26.2 Å². The molecule has 4 nitrogen and oxygen atoms in total. The molecule has 1 aliphatic rings. The number of fused-ring (bicyclic) bond motifs is 3. The van der Waals surface area contributed by atoms with E-state index < -0.39 is 5.60 Å². The molecule has 5 aromatic carbocycles. The van der Waals surface area contributed by atoms with Crippen LogP contribution in [0.3, 0.4) is 0 Å². The van der Waals surface area contributed by atoms with Gasteiger partial charge in [0, 0.05) is 48.1 Å². The molecule has 0 N–H and O–H groups in total. The molecule has 3 aromatic heterocycles. The Balaban J connectivity index is 1.21. The van der Waals surface area contributed by atoms with E-state index in [1.165, 1.54) is 75.8 Å². The summed E-state index contributed by atoms with van der Waals surface area (Å²) in [5.74, 6) is 0.641. The van der Waals surface area contributed by atoms with E-state index in [9.17, 15) is 0 Å². The van der Waals surface area contributed by atoms with Gasteiger partial charge < -0.3 is 9.15 Å². The number of aromatic nitrogens is 2. The molecule has 1 aliphatic carbocycles. The van der Waals surface area contributed by atoms with Crippen molar-refractivity contribution in [2.24, 2.45) is 19.5 Å². The lowest BCUT2D eigenvalue weighted by molar-refractivity contribution is -0.685. The van der Waals surface area contributed by atoms with Crippen molar-refractivity contribution in [3.8, 4) is 33.5 Å². The van der Waals surface area contributed by atoms with E-state index in [-0.39, 0.29) is 0 Å². The molecule has 8 aromatic rings. The molecule has 1 fully saturated rings. The van der Waals surface area contributed by atoms with Gasteiger partial charge in [0.1, 0.15) is 25.3 Å². The Morgan fingerprint density at radius 3 is 2.12 bits per heavy atom. The number of hydrogen-bond acceptors (Lipinski definition) is 2. The summed E-state index contributed by atoms with van der Waals surface area (Å²) in [5.41, 5.74) is 17.3. The number of hydrogen-bond donors (Lipinski definition) is 0. The van der Waals surface area contributed by atoms with Gasteiger partial charge in [-0.15, -0.1) is 0 Å². The number of para-hydroxylation sites is 1. The predicted octanol–water partition coefficient (Wildman–Crippen LogP) is 13.0. The molecule has 60 heavy (non-hydrogen) atoms. The summed E-state index contributed by atoms with van der Waals surface area (Å²) in [6, 6.07) is 46.4. The smallest absolute Gasteiger partial charge is 0.218 e. The summed E-state index contributed by atoms with van der Waals surface area (Å²) < 4.78 is 18.2. The molecule has 0 spiro atoms. The maximum absolute atomic E-state index is 6.88. The molecule has 0 aliphatic heterocycles. The van der Waals surface area contributed by atoms with E-state index in [1.54, 1.807) is 0 Å². The quantitative estimate of drug-likeness (QED) is 0.136. The predicted molar refractivity (Wildman–Crippen MR) is 246 cm³/mol. The van der Waals surface area contributed by atoms with Gasteiger partial charge in [-0.1, -0.05) is 105 Å². The normalized spacial score (nSPS) is 15.4. The van der Waals surface area contributed by atoms with Crippen LogP contribution < -0.4 is 9.13 Å². The third-order valence-electron chi connectivity index (χ3n) is 13.8. The summed E-state index contributed by atoms with van der Waals surface area (Å²) in [4.78, 5) is 0. The van der Waals surface area contributed by atoms with Gasteiger partial charge >= 0.3 is 0 Å². The van der Waals surface area contributed by atoms with Crippen molar-refractivity contribution < 1.29 is 18.3 Å². The van der Waals surface area contributed by atoms with E-state index in [4.69, 9.17) is 9.15 Å². The largest absolute Gasteiger partial charge is 0.455 e. The van der Waals surface area contributed by atoms with E-state index in [0.717, 1.165) is 44.5 Å². The molecule has 302 valence electrons. The summed E-state index contributed by atoms with van der Waals surface area (Å²) in [5, 5.41) is 2.23. The standard InChI is InChI=1S/C56H58N2O2/c1-37-32-43(42-27-29-55(4,5)30-28-42)23-26-46(37)48-34-50(58(7)36-38(48)2)53-39(3)44(33-49-47-18-12-13-19-51(47)60-54(49)53)35-56(59-8,52-20-14-15-31-57(52)6)45-24-21-41(22-25-45)40-16-10-9-11-17-40/h9-26,31-34,36,42H,27-30,35H2,1-8H3/q+2. The average Bonchev–Trinajstić information content (AvgIpc) is 3.62. The Morgan fingerprint density at radius 2 is 1.40 bits per heavy atom. The second-order valence-electron chi connectivity index (χ2n) is 18.2. The summed E-state index contributed by atoms with van der Waals surface area (Å²) in [7, 11) is 6.14. The lowest BCUT2D eigenvalue weighted by atomic mass is 9.71. The van der Waals surface area contributed by atoms with Crippen molar-refractivity contribution in [1.82, 2.24) is 0 Å². The van der Waals surface area contributed by atoms with Crippen molar-refractivity contribution in [3.05, 3.63) is 179 Å². The second kappa shape index (κ2) is 15.6. The number of benzene rings is 5. The number of aryl methyl sites for hydroxylation is 4. The number of rotatable bonds is 9. The van der Waals surface area contributed by atoms with Crippen molar-refractivity contribution in [1.29, 1.82) is 0 Å². The third-order valence-corrected chi connectivity index (χ3v) is 13.8. The molecule has 4 heteroatoms. The first kappa shape index (κ1) is 39.6. The van der Waals surface area contributed by atoms with Crippen LogP contribution in [0.4, 0.5) is 0 Å². The van der Waals surface area contributed by atoms with E-state index in [1.807, 2.05) is 7.11 Å². The molecule has 1 saturated carbocycles. The number of pyridine rings is 2. The van der Waals surface area contributed by atoms with Gasteiger partial charge in [-0.3, -0.25) is 0 Å². The van der Waals surface area contributed by atoms with Gasteiger partial charge in [0.15, 0.2) is 18.0 Å². The van der Waals surface area contributed by atoms with Crippen LogP contribution >= 0.6 is 0 Å². The van der Waals surface area contributed by atoms with Gasteiger partial charge in [-0.05, 0) is 126 Å². The van der Waals surface area contributed by atoms with Gasteiger partial charge in [-0.25, -0.2) is 9.13 Å². The minimum atomic E-state index is -0.798. The number of methoxy groups -OCH3 is 1. The fourth-order valence-electron chi connectivity index (χ4n) is 10.2. The maximum atomic E-state index is 6.88. The van der Waals surface area contributed by atoms with Crippen LogP contribution in [0.25, 0.3) is 55.4 Å². The first-order valence-corrected chi connectivity index (χ1v) is 21.7. The molecule has 0 amide bonds. The van der Waals surface area contributed by atoms with E-state index in [2.05, 4.69) is 198 Å². The first-order chi connectivity index (χ1) is 29.0. The van der Waals surface area contributed by atoms with Crippen molar-refractivity contribution in [2.75, 3.05) is 7.11 Å². The van der Waals surface area contributed by atoms with Crippen LogP contribution in [0.1, 0.15) is 84.5 Å². The second-order valence-corrected chi connectivity index (χ2v) is 18.2. The topological polar surface area (TPSA) is 30.1 Å². The highest BCUT2D eigenvalue weighted by molar-refractivity contribution is 6.10. The fraction of sp³-hybridized carbons (Fsp3) is 0.286. The monoisotopic (exact) mass is 790 g/mol. The highest BCUT2D eigenvalue weighted by Crippen LogP contribution is 2.45. The zero-order valence-electron chi connectivity index (χ0n) is 36.6. The minimum Gasteiger partial charge on any atom is -0.455 e. The van der Waals surface area contributed by atoms with Crippen LogP contribution in [0.15, 0.2) is 144 Å². The van der Waals surface area contributed by atoms with Crippen molar-refractivity contribution in [2.45, 2.75) is 78.2 Å². The molecule has 3 heterocycles. The summed E-state index contributed by atoms with van der Waals surface area (Å²) in [6.07, 6.45) is 10.1. The van der Waals surface area contributed by atoms with Crippen LogP contribution in [0.5, 0.6) is 0 Å². The number of nitrogens with zero attached hydrogens (tertiary/aromatic N) is 2. The number of ether oxygens (including phenoxy) is 1. The molecular weight excluding hydrogens is 733 g/mol. The Bertz CT molecular complexity index is 2860. The Hall–Kier alpha value is -5.84. The third kappa shape index (κ3) is 7.05. The van der Waals surface area contributed by atoms with Gasteiger partial charge in [0.05, 0.1) is 5.56 Å². The van der Waals surface area contributed by atoms with Gasteiger partial charge in [0.2, 0.25) is 11.4 Å². The number of furan rings is 1. The van der Waals surface area contributed by atoms with Crippen LogP contribution in [-0.4, -0.2) is 7.11 Å². The minimum absolute atomic E-state index is 0.456. The summed E-state index contributed by atoms with van der Waals surface area (Å²) in [6.45, 7) is 11.6. The Labute approximate surface area is 356 Å². The molecule has 0 saturated heterocycles. The first-order valence-electron chi connectivity index (χ1n) is 21.7. The molecule has 9 rings (SSSR count). The summed E-state index contributed by atoms with van der Waals surface area (Å²) >= 11 is 0. The SMILES string of the molecule is COC(Cc1cc2c(oc3ccccc32)c(-c2cc(-c3ccc(C4CCC(C)(C)CC4)cc3C)c(C)c[n+]2C)c1C)(c1ccc(-c2ccccc2)cc1)c1cccc[n+]1C. The Kier molecular flexibility index (Phi) is 10.3. The zero-order chi connectivity index (χ0) is 41.8. The van der Waals surface area contributed by atoms with Gasteiger partial charge in [-0.2, -0.15) is 0 Å². The molecular formula is C56H58N2O2+2. The maximum Gasteiger partial charge on any atom is 0.218 e. The molecule has 0 radical (unpaired) electrons. The lowest BCUT2D eigenvalue weighted by Gasteiger charge is -2.34. The van der Waals surface area contributed by atoms with Crippen LogP contribution in [0.2, 0.25) is 0 Å². The van der Waals surface area contributed by atoms with Crippen molar-refractivity contribution >= 4 is 21.9 Å². The highest BCUT2D eigenvalue weighted by Gasteiger charge is 2.42. The molecule has 1 unspecified atom stereocenters. The van der Waals surface area contributed by atoms with Crippen molar-refractivity contribution in [3.63, 3.8) is 0 Å². The molecule has 0 bridgehead atoms. The van der Waals surface area contributed by atoms with E-state index in [0.29, 0.717) is 17.8 Å². The highest BCUT2D eigenvalue weighted by atomic mass is 16.5. The fourth-order valence-corrected chi connectivity index (χ4v) is 10.2. The van der Waals surface area contributed by atoms with Crippen LogP contribution in [-0.2, 0) is 30.9 Å². The molecule has 1 atom stereocenters. The Morgan fingerprint density at radius 1 is 0.700 bits per heavy atom.